The molecule has 0 aliphatic heterocycles. The minimum Gasteiger partial charge on any atom is -0.385 e. The van der Waals surface area contributed by atoms with Crippen LogP contribution >= 0.6 is 0 Å². The summed E-state index contributed by atoms with van der Waals surface area (Å²) in [6.45, 7) is 0.228. The molecule has 0 aromatic heterocycles. The normalized spacial score (nSPS) is 11.1. The Balaban J connectivity index is 2.62. The second-order valence-corrected chi connectivity index (χ2v) is 6.41. The molecular formula is C12H17FN2O3S. The van der Waals surface area contributed by atoms with E-state index in [1.165, 1.54) is 25.2 Å². The van der Waals surface area contributed by atoms with Gasteiger partial charge in [-0.1, -0.05) is 6.07 Å². The van der Waals surface area contributed by atoms with Crippen molar-refractivity contribution in [1.29, 1.82) is 0 Å². The highest BCUT2D eigenvalue weighted by molar-refractivity contribution is 7.90. The average Bonchev–Trinajstić information content (AvgIpc) is 2.33. The van der Waals surface area contributed by atoms with Gasteiger partial charge in [-0.15, -0.1) is 0 Å². The molecule has 0 saturated carbocycles. The zero-order chi connectivity index (χ0) is 14.5. The zero-order valence-corrected chi connectivity index (χ0v) is 11.7. The number of para-hydroxylation sites is 1. The monoisotopic (exact) mass is 288 g/mol. The highest BCUT2D eigenvalue weighted by Gasteiger charge is 2.13. The molecule has 2 N–H and O–H groups in total. The molecule has 1 amide bonds. The molecule has 0 spiro atoms. The molecule has 0 bridgehead atoms. The van der Waals surface area contributed by atoms with E-state index in [0.29, 0.717) is 6.42 Å². The number of amides is 1. The van der Waals surface area contributed by atoms with Crippen LogP contribution in [0.5, 0.6) is 0 Å². The molecule has 0 atom stereocenters. The van der Waals surface area contributed by atoms with E-state index in [9.17, 15) is 17.6 Å². The molecule has 0 aliphatic carbocycles. The summed E-state index contributed by atoms with van der Waals surface area (Å²) in [7, 11) is -1.50. The number of anilines is 1. The number of benzene rings is 1. The van der Waals surface area contributed by atoms with Crippen molar-refractivity contribution in [3.05, 3.63) is 29.6 Å². The van der Waals surface area contributed by atoms with Crippen LogP contribution < -0.4 is 10.6 Å². The number of carbonyl (C=O) groups excluding carboxylic acids is 1. The summed E-state index contributed by atoms with van der Waals surface area (Å²) < 4.78 is 35.3. The fourth-order valence-electron chi connectivity index (χ4n) is 1.60. The van der Waals surface area contributed by atoms with Crippen molar-refractivity contribution in [2.24, 2.45) is 0 Å². The van der Waals surface area contributed by atoms with Crippen LogP contribution in [0.4, 0.5) is 10.1 Å². The number of hydrogen-bond donors (Lipinski definition) is 2. The molecule has 5 nitrogen and oxygen atoms in total. The fourth-order valence-corrected chi connectivity index (χ4v) is 2.27. The van der Waals surface area contributed by atoms with Crippen LogP contribution in [0.1, 0.15) is 16.8 Å². The van der Waals surface area contributed by atoms with Gasteiger partial charge in [0.1, 0.15) is 15.7 Å². The average molecular weight is 288 g/mol. The summed E-state index contributed by atoms with van der Waals surface area (Å²) >= 11 is 0. The summed E-state index contributed by atoms with van der Waals surface area (Å²) in [6.07, 6.45) is 1.47. The Labute approximate surface area is 112 Å². The molecule has 0 unspecified atom stereocenters. The van der Waals surface area contributed by atoms with Crippen molar-refractivity contribution in [2.45, 2.75) is 6.42 Å². The molecular weight excluding hydrogens is 271 g/mol. The zero-order valence-electron chi connectivity index (χ0n) is 10.9. The lowest BCUT2D eigenvalue weighted by atomic mass is 10.1. The largest absolute Gasteiger partial charge is 0.385 e. The van der Waals surface area contributed by atoms with Gasteiger partial charge in [0.15, 0.2) is 0 Å². The molecule has 1 aromatic carbocycles. The van der Waals surface area contributed by atoms with Gasteiger partial charge in [-0.2, -0.15) is 0 Å². The Morgan fingerprint density at radius 3 is 2.63 bits per heavy atom. The maximum absolute atomic E-state index is 13.4. The third-order valence-electron chi connectivity index (χ3n) is 2.49. The maximum atomic E-state index is 13.4. The molecule has 0 heterocycles. The highest BCUT2D eigenvalue weighted by atomic mass is 32.2. The van der Waals surface area contributed by atoms with Crippen LogP contribution in [0, 0.1) is 5.82 Å². The van der Waals surface area contributed by atoms with Gasteiger partial charge < -0.3 is 10.6 Å². The lowest BCUT2D eigenvalue weighted by Gasteiger charge is -2.10. The van der Waals surface area contributed by atoms with Gasteiger partial charge >= 0.3 is 0 Å². The molecule has 0 fully saturated rings. The summed E-state index contributed by atoms with van der Waals surface area (Å²) in [5, 5.41) is 5.19. The Bertz CT molecular complexity index is 558. The quantitative estimate of drug-likeness (QED) is 0.767. The number of nitrogens with one attached hydrogen (secondary N) is 2. The minimum absolute atomic E-state index is 0.00924. The topological polar surface area (TPSA) is 75.3 Å². The van der Waals surface area contributed by atoms with E-state index in [1.54, 1.807) is 0 Å². The van der Waals surface area contributed by atoms with Crippen LogP contribution in [0.3, 0.4) is 0 Å². The molecule has 7 heteroatoms. The van der Waals surface area contributed by atoms with Crippen LogP contribution in [0.25, 0.3) is 0 Å². The Morgan fingerprint density at radius 1 is 1.37 bits per heavy atom. The molecule has 19 heavy (non-hydrogen) atoms. The van der Waals surface area contributed by atoms with Gasteiger partial charge in [0.2, 0.25) is 0 Å². The van der Waals surface area contributed by atoms with Crippen molar-refractivity contribution in [1.82, 2.24) is 5.32 Å². The first-order chi connectivity index (χ1) is 8.85. The van der Waals surface area contributed by atoms with E-state index in [4.69, 9.17) is 0 Å². The van der Waals surface area contributed by atoms with Gasteiger partial charge in [0.25, 0.3) is 5.91 Å². The van der Waals surface area contributed by atoms with Crippen LogP contribution in [-0.4, -0.2) is 39.9 Å². The van der Waals surface area contributed by atoms with Gasteiger partial charge in [0, 0.05) is 19.8 Å². The lowest BCUT2D eigenvalue weighted by Crippen LogP contribution is -2.26. The second-order valence-electron chi connectivity index (χ2n) is 4.15. The number of carbonyl (C=O) groups is 1. The lowest BCUT2D eigenvalue weighted by molar-refractivity contribution is 0.0954. The highest BCUT2D eigenvalue weighted by Crippen LogP contribution is 2.18. The van der Waals surface area contributed by atoms with E-state index in [-0.39, 0.29) is 23.5 Å². The number of rotatable bonds is 6. The van der Waals surface area contributed by atoms with Crippen LogP contribution in [0.2, 0.25) is 0 Å². The smallest absolute Gasteiger partial charge is 0.253 e. The fraction of sp³-hybridized carbons (Fsp3) is 0.417. The van der Waals surface area contributed by atoms with Crippen molar-refractivity contribution in [3.8, 4) is 0 Å². The van der Waals surface area contributed by atoms with E-state index in [0.717, 1.165) is 6.26 Å². The predicted octanol–water partition coefficient (Wildman–Crippen LogP) is 1.03. The van der Waals surface area contributed by atoms with Gasteiger partial charge in [0.05, 0.1) is 17.0 Å². The van der Waals surface area contributed by atoms with Gasteiger partial charge in [-0.25, -0.2) is 12.8 Å². The number of hydrogen-bond acceptors (Lipinski definition) is 4. The summed E-state index contributed by atoms with van der Waals surface area (Å²) in [5.41, 5.74) is 0.324. The SMILES string of the molecule is CNc1c(F)cccc1C(=O)NCCCS(C)(=O)=O. The Hall–Kier alpha value is -1.63. The van der Waals surface area contributed by atoms with Crippen LogP contribution in [0.15, 0.2) is 18.2 Å². The van der Waals surface area contributed by atoms with Gasteiger partial charge in [-0.05, 0) is 18.6 Å². The predicted molar refractivity (Wildman–Crippen MR) is 72.6 cm³/mol. The van der Waals surface area contributed by atoms with Crippen molar-refractivity contribution >= 4 is 21.4 Å². The van der Waals surface area contributed by atoms with Crippen molar-refractivity contribution in [3.63, 3.8) is 0 Å². The molecule has 106 valence electrons. The summed E-state index contributed by atoms with van der Waals surface area (Å²) in [6, 6.07) is 4.20. The minimum atomic E-state index is -3.03. The third-order valence-corrected chi connectivity index (χ3v) is 3.52. The Kier molecular flexibility index (Phi) is 5.29. The molecule has 0 radical (unpaired) electrons. The van der Waals surface area contributed by atoms with E-state index in [2.05, 4.69) is 10.6 Å². The number of halogens is 1. The summed E-state index contributed by atoms with van der Waals surface area (Å²) in [5.74, 6) is -0.932. The maximum Gasteiger partial charge on any atom is 0.253 e. The van der Waals surface area contributed by atoms with Crippen molar-refractivity contribution in [2.75, 3.05) is 30.9 Å². The molecule has 0 saturated heterocycles. The number of sulfone groups is 1. The molecule has 1 rings (SSSR count). The standard InChI is InChI=1S/C12H17FN2O3S/c1-14-11-9(5-3-6-10(11)13)12(16)15-7-4-8-19(2,17)18/h3,5-6,14H,4,7-8H2,1-2H3,(H,15,16). The molecule has 1 aromatic rings. The first kappa shape index (κ1) is 15.4. The summed E-state index contributed by atoms with van der Waals surface area (Å²) in [4.78, 5) is 11.8. The first-order valence-corrected chi connectivity index (χ1v) is 7.83. The van der Waals surface area contributed by atoms with E-state index in [1.807, 2.05) is 0 Å². The molecule has 0 aliphatic rings. The first-order valence-electron chi connectivity index (χ1n) is 5.77. The third kappa shape index (κ3) is 4.86. The van der Waals surface area contributed by atoms with Crippen LogP contribution in [-0.2, 0) is 9.84 Å². The van der Waals surface area contributed by atoms with Crippen molar-refractivity contribution < 1.29 is 17.6 Å². The van der Waals surface area contributed by atoms with E-state index >= 15 is 0 Å². The van der Waals surface area contributed by atoms with E-state index < -0.39 is 21.6 Å². The van der Waals surface area contributed by atoms with Gasteiger partial charge in [-0.3, -0.25) is 4.79 Å². The Morgan fingerprint density at radius 2 is 2.05 bits per heavy atom. The second kappa shape index (κ2) is 6.51.